The molecule has 0 atom stereocenters. The van der Waals surface area contributed by atoms with Crippen LogP contribution in [-0.4, -0.2) is 26.4 Å². The minimum Gasteiger partial charge on any atom is -0.463 e. The number of rotatable bonds is 2. The Bertz CT molecular complexity index is 725. The zero-order valence-electron chi connectivity index (χ0n) is 8.54. The second-order valence-electron chi connectivity index (χ2n) is 3.30. The van der Waals surface area contributed by atoms with Gasteiger partial charge in [-0.25, -0.2) is 4.99 Å². The molecule has 0 aliphatic carbocycles. The van der Waals surface area contributed by atoms with Crippen molar-refractivity contribution >= 4 is 35.3 Å². The molecule has 17 heavy (non-hydrogen) atoms. The van der Waals surface area contributed by atoms with Gasteiger partial charge in [0.15, 0.2) is 10.6 Å². The molecule has 0 unspecified atom stereocenters. The molecule has 7 heteroatoms. The average molecular weight is 245 g/mol. The largest absolute Gasteiger partial charge is 0.463 e. The molecule has 3 aromatic rings. The normalized spacial score (nSPS) is 11.5. The van der Waals surface area contributed by atoms with Gasteiger partial charge in [-0.15, -0.1) is 0 Å². The fraction of sp³-hybridized carbons (Fsp3) is 0. The smallest absolute Gasteiger partial charge is 0.200 e. The molecule has 0 saturated heterocycles. The van der Waals surface area contributed by atoms with Gasteiger partial charge in [0.25, 0.3) is 0 Å². The summed E-state index contributed by atoms with van der Waals surface area (Å²) in [6, 6.07) is 3.60. The molecule has 0 aliphatic heterocycles. The Morgan fingerprint density at radius 2 is 2.41 bits per heavy atom. The fourth-order valence-electron chi connectivity index (χ4n) is 1.43. The number of aromatic amines is 2. The zero-order chi connectivity index (χ0) is 11.7. The maximum atomic E-state index is 5.14. The molecular formula is C10H7N5OS. The second-order valence-corrected chi connectivity index (χ2v) is 3.68. The third kappa shape index (κ3) is 1.87. The van der Waals surface area contributed by atoms with Crippen LogP contribution in [0.5, 0.6) is 0 Å². The topological polar surface area (TPSA) is 82.9 Å². The van der Waals surface area contributed by atoms with Crippen LogP contribution in [0.15, 0.2) is 34.0 Å². The van der Waals surface area contributed by atoms with Crippen molar-refractivity contribution in [2.45, 2.75) is 0 Å². The molecule has 2 N–H and O–H groups in total. The number of hydrogen-bond acceptors (Lipinski definition) is 5. The van der Waals surface area contributed by atoms with E-state index in [1.807, 2.05) is 0 Å². The second kappa shape index (κ2) is 3.95. The van der Waals surface area contributed by atoms with E-state index in [0.717, 1.165) is 5.39 Å². The molecule has 0 aromatic carbocycles. The maximum Gasteiger partial charge on any atom is 0.200 e. The van der Waals surface area contributed by atoms with Crippen LogP contribution in [0.25, 0.3) is 11.0 Å². The van der Waals surface area contributed by atoms with E-state index in [0.29, 0.717) is 22.0 Å². The molecule has 3 heterocycles. The van der Waals surface area contributed by atoms with Crippen molar-refractivity contribution in [1.82, 2.24) is 20.2 Å². The van der Waals surface area contributed by atoms with Crippen molar-refractivity contribution in [3.8, 4) is 0 Å². The number of aliphatic imine (C=N–C) groups is 1. The highest BCUT2D eigenvalue weighted by molar-refractivity contribution is 7.71. The summed E-state index contributed by atoms with van der Waals surface area (Å²) in [4.78, 5) is 11.3. The van der Waals surface area contributed by atoms with Crippen LogP contribution in [0.4, 0.5) is 5.82 Å². The maximum absolute atomic E-state index is 5.14. The Hall–Kier alpha value is -2.28. The lowest BCUT2D eigenvalue weighted by molar-refractivity contribution is 0.560. The highest BCUT2D eigenvalue weighted by atomic mass is 32.1. The molecule has 0 amide bonds. The molecule has 0 saturated carbocycles. The predicted molar refractivity (Wildman–Crippen MR) is 65.0 cm³/mol. The van der Waals surface area contributed by atoms with Crippen molar-refractivity contribution in [2.24, 2.45) is 4.99 Å². The Labute approximate surface area is 100 Å². The lowest BCUT2D eigenvalue weighted by atomic mass is 10.4. The van der Waals surface area contributed by atoms with Gasteiger partial charge in [-0.3, -0.25) is 5.10 Å². The molecule has 0 spiro atoms. The summed E-state index contributed by atoms with van der Waals surface area (Å²) < 4.78 is 5.50. The molecule has 0 radical (unpaired) electrons. The van der Waals surface area contributed by atoms with Crippen molar-refractivity contribution in [1.29, 1.82) is 0 Å². The van der Waals surface area contributed by atoms with Crippen molar-refractivity contribution in [3.05, 3.63) is 35.1 Å². The van der Waals surface area contributed by atoms with Crippen LogP contribution in [0.2, 0.25) is 0 Å². The molecule has 0 bridgehead atoms. The van der Waals surface area contributed by atoms with E-state index in [2.05, 4.69) is 25.2 Å². The third-order valence-corrected chi connectivity index (χ3v) is 2.37. The fourth-order valence-corrected chi connectivity index (χ4v) is 1.62. The summed E-state index contributed by atoms with van der Waals surface area (Å²) in [5, 5.41) is 7.47. The molecule has 0 fully saturated rings. The van der Waals surface area contributed by atoms with E-state index in [1.165, 1.54) is 0 Å². The first-order valence-corrected chi connectivity index (χ1v) is 5.25. The Morgan fingerprint density at radius 3 is 3.24 bits per heavy atom. The molecule has 84 valence electrons. The highest BCUT2D eigenvalue weighted by Crippen LogP contribution is 2.19. The lowest BCUT2D eigenvalue weighted by Crippen LogP contribution is -1.84. The van der Waals surface area contributed by atoms with Crippen molar-refractivity contribution < 1.29 is 4.42 Å². The first-order valence-electron chi connectivity index (χ1n) is 4.84. The molecule has 3 rings (SSSR count). The Morgan fingerprint density at radius 1 is 1.47 bits per heavy atom. The van der Waals surface area contributed by atoms with E-state index in [-0.39, 0.29) is 0 Å². The molecule has 3 aromatic heterocycles. The van der Waals surface area contributed by atoms with E-state index < -0.39 is 0 Å². The standard InChI is InChI=1S/C10H7N5OS/c17-10-13-8(7-5-12-15-9(7)14-10)11-4-6-2-1-3-16-6/h1-5H,(H2,12,13,14,15,17). The quantitative estimate of drug-likeness (QED) is 0.536. The molecule has 0 aliphatic rings. The van der Waals surface area contributed by atoms with Crippen LogP contribution in [-0.2, 0) is 0 Å². The van der Waals surface area contributed by atoms with Crippen molar-refractivity contribution in [2.75, 3.05) is 0 Å². The highest BCUT2D eigenvalue weighted by Gasteiger charge is 2.03. The third-order valence-electron chi connectivity index (χ3n) is 2.18. The van der Waals surface area contributed by atoms with Gasteiger partial charge in [0.2, 0.25) is 0 Å². The monoisotopic (exact) mass is 245 g/mol. The first-order chi connectivity index (χ1) is 8.33. The van der Waals surface area contributed by atoms with Gasteiger partial charge in [0.05, 0.1) is 24.1 Å². The molecule has 6 nitrogen and oxygen atoms in total. The van der Waals surface area contributed by atoms with Gasteiger partial charge >= 0.3 is 0 Å². The summed E-state index contributed by atoms with van der Waals surface area (Å²) in [5.41, 5.74) is 0.705. The van der Waals surface area contributed by atoms with Crippen LogP contribution in [0, 0.1) is 4.77 Å². The van der Waals surface area contributed by atoms with Gasteiger partial charge in [0.1, 0.15) is 11.4 Å². The number of nitrogens with one attached hydrogen (secondary N) is 2. The first kappa shape index (κ1) is 9.91. The average Bonchev–Trinajstić information content (AvgIpc) is 2.95. The van der Waals surface area contributed by atoms with Gasteiger partial charge < -0.3 is 9.40 Å². The summed E-state index contributed by atoms with van der Waals surface area (Å²) in [5.74, 6) is 1.16. The predicted octanol–water partition coefficient (Wildman–Crippen LogP) is 2.36. The Balaban J connectivity index is 2.11. The van der Waals surface area contributed by atoms with Crippen LogP contribution >= 0.6 is 12.2 Å². The summed E-state index contributed by atoms with van der Waals surface area (Å²) in [7, 11) is 0. The van der Waals surface area contributed by atoms with Gasteiger partial charge in [-0.1, -0.05) is 0 Å². The SMILES string of the molecule is S=c1nc(N=Cc2ccco2)c2cn[nH]c2[nH]1. The van der Waals surface area contributed by atoms with Crippen molar-refractivity contribution in [3.63, 3.8) is 0 Å². The number of furan rings is 1. The summed E-state index contributed by atoms with van der Waals surface area (Å²) in [6.45, 7) is 0. The summed E-state index contributed by atoms with van der Waals surface area (Å²) >= 11 is 5.00. The number of hydrogen-bond donors (Lipinski definition) is 2. The van der Waals surface area contributed by atoms with E-state index in [9.17, 15) is 0 Å². The van der Waals surface area contributed by atoms with Gasteiger partial charge in [0, 0.05) is 0 Å². The Kier molecular flexibility index (Phi) is 2.30. The zero-order valence-corrected chi connectivity index (χ0v) is 9.36. The van der Waals surface area contributed by atoms with E-state index in [4.69, 9.17) is 16.6 Å². The number of H-pyrrole nitrogens is 2. The van der Waals surface area contributed by atoms with Crippen LogP contribution in [0.3, 0.4) is 0 Å². The van der Waals surface area contributed by atoms with Gasteiger partial charge in [-0.05, 0) is 24.4 Å². The minimum absolute atomic E-state index is 0.355. The number of aromatic nitrogens is 4. The van der Waals surface area contributed by atoms with E-state index in [1.54, 1.807) is 30.8 Å². The summed E-state index contributed by atoms with van der Waals surface area (Å²) in [6.07, 6.45) is 4.81. The van der Waals surface area contributed by atoms with Gasteiger partial charge in [-0.2, -0.15) is 10.1 Å². The minimum atomic E-state index is 0.355. The van der Waals surface area contributed by atoms with E-state index >= 15 is 0 Å². The van der Waals surface area contributed by atoms with Crippen LogP contribution in [0.1, 0.15) is 5.76 Å². The molecular weight excluding hydrogens is 238 g/mol. The van der Waals surface area contributed by atoms with Crippen LogP contribution < -0.4 is 0 Å². The number of nitrogens with zero attached hydrogens (tertiary/aromatic N) is 3. The lowest BCUT2D eigenvalue weighted by Gasteiger charge is -1.94. The number of fused-ring (bicyclic) bond motifs is 1.